The Balaban J connectivity index is 1.83. The van der Waals surface area contributed by atoms with Crippen molar-refractivity contribution in [3.05, 3.63) is 58.1 Å². The second-order valence-electron chi connectivity index (χ2n) is 4.57. The summed E-state index contributed by atoms with van der Waals surface area (Å²) in [6.45, 7) is -0.187. The summed E-state index contributed by atoms with van der Waals surface area (Å²) in [7, 11) is 0. The molecule has 0 spiro atoms. The molecule has 0 aliphatic rings. The Kier molecular flexibility index (Phi) is 5.80. The summed E-state index contributed by atoms with van der Waals surface area (Å²) in [4.78, 5) is 11.6. The average molecular weight is 379 g/mol. The van der Waals surface area contributed by atoms with Gasteiger partial charge >= 0.3 is 12.2 Å². The molecule has 2 aromatic rings. The SMILES string of the molecule is O=C(NCOc1ccc(Cl)cc1Cl)Nc1ccc(C(F)(F)F)cc1. The number of hydrogen-bond acceptors (Lipinski definition) is 2. The predicted molar refractivity (Wildman–Crippen MR) is 85.6 cm³/mol. The predicted octanol–water partition coefficient (Wildman–Crippen LogP) is 5.17. The van der Waals surface area contributed by atoms with E-state index >= 15 is 0 Å². The second-order valence-corrected chi connectivity index (χ2v) is 5.41. The van der Waals surface area contributed by atoms with Gasteiger partial charge in [0.1, 0.15) is 5.75 Å². The van der Waals surface area contributed by atoms with Gasteiger partial charge in [-0.05, 0) is 42.5 Å². The van der Waals surface area contributed by atoms with E-state index < -0.39 is 17.8 Å². The molecule has 2 amide bonds. The minimum atomic E-state index is -4.42. The normalized spacial score (nSPS) is 11.0. The fourth-order valence-electron chi connectivity index (χ4n) is 1.69. The van der Waals surface area contributed by atoms with E-state index in [4.69, 9.17) is 27.9 Å². The molecule has 0 bridgehead atoms. The molecule has 2 aromatic carbocycles. The number of halogens is 5. The Morgan fingerprint density at radius 1 is 1.08 bits per heavy atom. The summed E-state index contributed by atoms with van der Waals surface area (Å²) in [5, 5.41) is 5.49. The van der Waals surface area contributed by atoms with Gasteiger partial charge in [-0.25, -0.2) is 4.79 Å². The van der Waals surface area contributed by atoms with Crippen LogP contribution in [0.25, 0.3) is 0 Å². The zero-order valence-corrected chi connectivity index (χ0v) is 13.5. The lowest BCUT2D eigenvalue weighted by Crippen LogP contribution is -2.32. The molecule has 0 saturated carbocycles. The van der Waals surface area contributed by atoms with Crippen LogP contribution in [0.3, 0.4) is 0 Å². The molecule has 0 unspecified atom stereocenters. The molecule has 0 fully saturated rings. The summed E-state index contributed by atoms with van der Waals surface area (Å²) in [5.41, 5.74) is -0.584. The van der Waals surface area contributed by atoms with Crippen LogP contribution in [0.2, 0.25) is 10.0 Å². The van der Waals surface area contributed by atoms with E-state index in [1.165, 1.54) is 6.07 Å². The van der Waals surface area contributed by atoms with Crippen molar-refractivity contribution in [2.45, 2.75) is 6.18 Å². The number of rotatable bonds is 4. The third-order valence-corrected chi connectivity index (χ3v) is 3.35. The van der Waals surface area contributed by atoms with Gasteiger partial charge in [-0.15, -0.1) is 0 Å². The summed E-state index contributed by atoms with van der Waals surface area (Å²) in [5.74, 6) is 0.330. The lowest BCUT2D eigenvalue weighted by atomic mass is 10.2. The highest BCUT2D eigenvalue weighted by Gasteiger charge is 2.29. The number of nitrogens with one attached hydrogen (secondary N) is 2. The van der Waals surface area contributed by atoms with Crippen LogP contribution in [0.15, 0.2) is 42.5 Å². The first-order chi connectivity index (χ1) is 11.3. The molecule has 0 heterocycles. The zero-order chi connectivity index (χ0) is 17.7. The van der Waals surface area contributed by atoms with Crippen LogP contribution in [0.4, 0.5) is 23.7 Å². The van der Waals surface area contributed by atoms with Gasteiger partial charge in [-0.3, -0.25) is 0 Å². The third-order valence-electron chi connectivity index (χ3n) is 2.82. The standard InChI is InChI=1S/C15H11Cl2F3N2O2/c16-10-3-6-13(12(17)7-10)24-8-21-14(23)22-11-4-1-9(2-5-11)15(18,19)20/h1-7H,8H2,(H2,21,22,23). The highest BCUT2D eigenvalue weighted by molar-refractivity contribution is 6.35. The summed E-state index contributed by atoms with van der Waals surface area (Å²) in [6.07, 6.45) is -4.42. The van der Waals surface area contributed by atoms with E-state index in [2.05, 4.69) is 10.6 Å². The lowest BCUT2D eigenvalue weighted by Gasteiger charge is -2.11. The van der Waals surface area contributed by atoms with Crippen molar-refractivity contribution in [2.75, 3.05) is 12.0 Å². The van der Waals surface area contributed by atoms with Gasteiger partial charge in [0.25, 0.3) is 0 Å². The van der Waals surface area contributed by atoms with Crippen LogP contribution in [-0.4, -0.2) is 12.8 Å². The number of hydrogen-bond donors (Lipinski definition) is 2. The van der Waals surface area contributed by atoms with E-state index in [9.17, 15) is 18.0 Å². The highest BCUT2D eigenvalue weighted by Crippen LogP contribution is 2.30. The zero-order valence-electron chi connectivity index (χ0n) is 12.0. The Labute approximate surface area is 145 Å². The smallest absolute Gasteiger partial charge is 0.416 e. The van der Waals surface area contributed by atoms with Crippen molar-refractivity contribution in [1.29, 1.82) is 0 Å². The number of benzene rings is 2. The van der Waals surface area contributed by atoms with Crippen LogP contribution in [0, 0.1) is 0 Å². The summed E-state index contributed by atoms with van der Waals surface area (Å²) in [6, 6.07) is 8.02. The lowest BCUT2D eigenvalue weighted by molar-refractivity contribution is -0.137. The van der Waals surface area contributed by atoms with Crippen LogP contribution in [0.5, 0.6) is 5.75 Å². The second kappa shape index (κ2) is 7.63. The Morgan fingerprint density at radius 3 is 2.33 bits per heavy atom. The molecule has 2 N–H and O–H groups in total. The first-order valence-electron chi connectivity index (χ1n) is 6.55. The van der Waals surface area contributed by atoms with Crippen molar-refractivity contribution in [3.8, 4) is 5.75 Å². The molecule has 2 rings (SSSR count). The van der Waals surface area contributed by atoms with Crippen LogP contribution >= 0.6 is 23.2 Å². The molecular weight excluding hydrogens is 368 g/mol. The van der Waals surface area contributed by atoms with Gasteiger partial charge in [0.05, 0.1) is 10.6 Å². The molecule has 0 aliphatic heterocycles. The van der Waals surface area contributed by atoms with Crippen molar-refractivity contribution in [1.82, 2.24) is 5.32 Å². The van der Waals surface area contributed by atoms with Gasteiger partial charge < -0.3 is 15.4 Å². The van der Waals surface area contributed by atoms with Crippen molar-refractivity contribution < 1.29 is 22.7 Å². The van der Waals surface area contributed by atoms with Crippen LogP contribution < -0.4 is 15.4 Å². The average Bonchev–Trinajstić information content (AvgIpc) is 2.49. The maximum atomic E-state index is 12.4. The van der Waals surface area contributed by atoms with E-state index in [1.807, 2.05) is 0 Å². The van der Waals surface area contributed by atoms with E-state index in [1.54, 1.807) is 12.1 Å². The molecule has 24 heavy (non-hydrogen) atoms. The molecule has 0 radical (unpaired) electrons. The quantitative estimate of drug-likeness (QED) is 0.721. The molecule has 0 atom stereocenters. The Bertz CT molecular complexity index is 722. The van der Waals surface area contributed by atoms with Crippen molar-refractivity contribution >= 4 is 34.9 Å². The molecular formula is C15H11Cl2F3N2O2. The van der Waals surface area contributed by atoms with Crippen molar-refractivity contribution in [2.24, 2.45) is 0 Å². The Morgan fingerprint density at radius 2 is 1.75 bits per heavy atom. The highest BCUT2D eigenvalue weighted by atomic mass is 35.5. The monoisotopic (exact) mass is 378 g/mol. The maximum absolute atomic E-state index is 12.4. The minimum Gasteiger partial charge on any atom is -0.472 e. The number of urea groups is 1. The van der Waals surface area contributed by atoms with Gasteiger partial charge in [0, 0.05) is 10.7 Å². The fraction of sp³-hybridized carbons (Fsp3) is 0.133. The topological polar surface area (TPSA) is 50.4 Å². The van der Waals surface area contributed by atoms with Crippen LogP contribution in [0.1, 0.15) is 5.56 Å². The number of carbonyl (C=O) groups excluding carboxylic acids is 1. The molecule has 0 saturated heterocycles. The van der Waals surface area contributed by atoms with Gasteiger partial charge in [-0.2, -0.15) is 13.2 Å². The maximum Gasteiger partial charge on any atom is 0.416 e. The number of amides is 2. The minimum absolute atomic E-state index is 0.187. The van der Waals surface area contributed by atoms with E-state index in [0.717, 1.165) is 24.3 Å². The van der Waals surface area contributed by atoms with Gasteiger partial charge in [0.2, 0.25) is 0 Å². The molecule has 128 valence electrons. The molecule has 9 heteroatoms. The summed E-state index contributed by atoms with van der Waals surface area (Å²) < 4.78 is 42.5. The van der Waals surface area contributed by atoms with E-state index in [-0.39, 0.29) is 17.4 Å². The third kappa shape index (κ3) is 5.21. The Hall–Kier alpha value is -2.12. The summed E-state index contributed by atoms with van der Waals surface area (Å²) >= 11 is 11.6. The van der Waals surface area contributed by atoms with Gasteiger partial charge in [0.15, 0.2) is 6.73 Å². The molecule has 0 aromatic heterocycles. The van der Waals surface area contributed by atoms with E-state index in [0.29, 0.717) is 10.8 Å². The number of anilines is 1. The van der Waals surface area contributed by atoms with Crippen molar-refractivity contribution in [3.63, 3.8) is 0 Å². The number of carbonyl (C=O) groups is 1. The molecule has 4 nitrogen and oxygen atoms in total. The first kappa shape index (κ1) is 18.2. The van der Waals surface area contributed by atoms with Crippen LogP contribution in [-0.2, 0) is 6.18 Å². The first-order valence-corrected chi connectivity index (χ1v) is 7.31. The fourth-order valence-corrected chi connectivity index (χ4v) is 2.15. The molecule has 0 aliphatic carbocycles. The number of ether oxygens (including phenoxy) is 1. The number of alkyl halides is 3. The largest absolute Gasteiger partial charge is 0.472 e. The van der Waals surface area contributed by atoms with Gasteiger partial charge in [-0.1, -0.05) is 23.2 Å².